The summed E-state index contributed by atoms with van der Waals surface area (Å²) >= 11 is 0. The molecule has 1 aliphatic heterocycles. The Bertz CT molecular complexity index is 977. The van der Waals surface area contributed by atoms with Gasteiger partial charge in [0.1, 0.15) is 0 Å². The molecule has 25 heavy (non-hydrogen) atoms. The molecule has 0 radical (unpaired) electrons. The first-order valence-corrected chi connectivity index (χ1v) is 8.33. The topological polar surface area (TPSA) is 66.4 Å². The first-order chi connectivity index (χ1) is 12.1. The van der Waals surface area contributed by atoms with E-state index in [9.17, 15) is 9.59 Å². The average Bonchev–Trinajstić information content (AvgIpc) is 2.65. The van der Waals surface area contributed by atoms with Crippen LogP contribution in [0.25, 0.3) is 22.1 Å². The number of nitrogens with zero attached hydrogens (tertiary/aromatic N) is 4. The highest BCUT2D eigenvalue weighted by Crippen LogP contribution is 2.18. The molecule has 1 fully saturated rings. The lowest BCUT2D eigenvalue weighted by molar-refractivity contribution is -0.130. The molecule has 6 heteroatoms. The number of hydrogen-bond donors (Lipinski definition) is 0. The highest BCUT2D eigenvalue weighted by molar-refractivity contribution is 5.98. The molecule has 6 nitrogen and oxygen atoms in total. The van der Waals surface area contributed by atoms with E-state index in [1.54, 1.807) is 28.9 Å². The van der Waals surface area contributed by atoms with Crippen LogP contribution in [-0.4, -0.2) is 57.8 Å². The number of piperazine rings is 1. The Balaban J connectivity index is 1.61. The molecule has 0 atom stereocenters. The van der Waals surface area contributed by atoms with Crippen molar-refractivity contribution in [3.8, 4) is 0 Å². The van der Waals surface area contributed by atoms with Gasteiger partial charge in [-0.25, -0.2) is 9.97 Å². The maximum atomic E-state index is 12.8. The average molecular weight is 334 g/mol. The van der Waals surface area contributed by atoms with E-state index in [-0.39, 0.29) is 11.8 Å². The minimum atomic E-state index is -0.0277. The molecular formula is C19H18N4O2. The molecule has 0 bridgehead atoms. The zero-order valence-electron chi connectivity index (χ0n) is 14.0. The Morgan fingerprint density at radius 2 is 1.36 bits per heavy atom. The van der Waals surface area contributed by atoms with Crippen LogP contribution in [0.1, 0.15) is 17.3 Å². The normalized spacial score (nSPS) is 14.9. The Hall–Kier alpha value is -3.02. The van der Waals surface area contributed by atoms with Gasteiger partial charge in [-0.3, -0.25) is 9.59 Å². The molecule has 2 aromatic carbocycles. The molecule has 1 saturated heterocycles. The fourth-order valence-corrected chi connectivity index (χ4v) is 3.16. The fraction of sp³-hybridized carbons (Fsp3) is 0.263. The summed E-state index contributed by atoms with van der Waals surface area (Å²) in [5.74, 6) is 0.0278. The van der Waals surface area contributed by atoms with Crippen molar-refractivity contribution in [2.45, 2.75) is 6.92 Å². The van der Waals surface area contributed by atoms with Crippen molar-refractivity contribution in [3.63, 3.8) is 0 Å². The van der Waals surface area contributed by atoms with Crippen LogP contribution in [0.4, 0.5) is 0 Å². The molecule has 1 aliphatic rings. The van der Waals surface area contributed by atoms with Crippen LogP contribution >= 0.6 is 0 Å². The van der Waals surface area contributed by atoms with E-state index in [4.69, 9.17) is 0 Å². The van der Waals surface area contributed by atoms with Crippen LogP contribution < -0.4 is 0 Å². The van der Waals surface area contributed by atoms with Gasteiger partial charge in [-0.05, 0) is 30.3 Å². The smallest absolute Gasteiger partial charge is 0.254 e. The van der Waals surface area contributed by atoms with Crippen LogP contribution in [0.3, 0.4) is 0 Å². The van der Waals surface area contributed by atoms with Gasteiger partial charge in [-0.1, -0.05) is 12.1 Å². The second-order valence-corrected chi connectivity index (χ2v) is 6.21. The Morgan fingerprint density at radius 3 is 2.00 bits per heavy atom. The van der Waals surface area contributed by atoms with Crippen molar-refractivity contribution in [2.75, 3.05) is 26.2 Å². The molecule has 0 aliphatic carbocycles. The second kappa shape index (κ2) is 6.12. The van der Waals surface area contributed by atoms with Crippen LogP contribution in [0.15, 0.2) is 42.5 Å². The summed E-state index contributed by atoms with van der Waals surface area (Å²) in [5.41, 5.74) is 3.75. The molecular weight excluding hydrogens is 316 g/mol. The summed E-state index contributed by atoms with van der Waals surface area (Å²) < 4.78 is 0. The SMILES string of the molecule is CC(=O)N1CCN(C(=O)c2ccc3nc4ccccc4nc3c2)CC1. The van der Waals surface area contributed by atoms with Gasteiger partial charge < -0.3 is 9.80 Å². The summed E-state index contributed by atoms with van der Waals surface area (Å²) in [7, 11) is 0. The van der Waals surface area contributed by atoms with E-state index < -0.39 is 0 Å². The summed E-state index contributed by atoms with van der Waals surface area (Å²) in [6, 6.07) is 13.1. The molecule has 0 saturated carbocycles. The number of carbonyl (C=O) groups is 2. The molecule has 3 aromatic rings. The fourth-order valence-electron chi connectivity index (χ4n) is 3.16. The van der Waals surface area contributed by atoms with Crippen molar-refractivity contribution < 1.29 is 9.59 Å². The van der Waals surface area contributed by atoms with Crippen molar-refractivity contribution in [1.29, 1.82) is 0 Å². The first kappa shape index (κ1) is 15.5. The quantitative estimate of drug-likeness (QED) is 0.639. The molecule has 2 heterocycles. The lowest BCUT2D eigenvalue weighted by atomic mass is 10.1. The standard InChI is InChI=1S/C19H18N4O2/c1-13(24)22-8-10-23(11-9-22)19(25)14-6-7-17-18(12-14)21-16-5-3-2-4-15(16)20-17/h2-7,12H,8-11H2,1H3. The molecule has 0 N–H and O–H groups in total. The number of aromatic nitrogens is 2. The van der Waals surface area contributed by atoms with Crippen LogP contribution in [0.5, 0.6) is 0 Å². The highest BCUT2D eigenvalue weighted by Gasteiger charge is 2.23. The highest BCUT2D eigenvalue weighted by atomic mass is 16.2. The molecule has 0 spiro atoms. The maximum Gasteiger partial charge on any atom is 0.254 e. The predicted molar refractivity (Wildman–Crippen MR) is 95.2 cm³/mol. The molecule has 0 unspecified atom stereocenters. The van der Waals surface area contributed by atoms with Gasteiger partial charge in [0.25, 0.3) is 5.91 Å². The van der Waals surface area contributed by atoms with Gasteiger partial charge in [-0.15, -0.1) is 0 Å². The van der Waals surface area contributed by atoms with Gasteiger partial charge in [0.2, 0.25) is 5.91 Å². The number of para-hydroxylation sites is 2. The Labute approximate surface area is 145 Å². The monoisotopic (exact) mass is 334 g/mol. The van der Waals surface area contributed by atoms with Crippen LogP contribution in [-0.2, 0) is 4.79 Å². The van der Waals surface area contributed by atoms with Crippen molar-refractivity contribution in [3.05, 3.63) is 48.0 Å². The molecule has 4 rings (SSSR count). The largest absolute Gasteiger partial charge is 0.339 e. The zero-order valence-corrected chi connectivity index (χ0v) is 14.0. The van der Waals surface area contributed by atoms with Crippen LogP contribution in [0.2, 0.25) is 0 Å². The molecule has 1 aromatic heterocycles. The van der Waals surface area contributed by atoms with E-state index in [2.05, 4.69) is 9.97 Å². The number of amides is 2. The number of rotatable bonds is 1. The van der Waals surface area contributed by atoms with Gasteiger partial charge in [0.15, 0.2) is 0 Å². The Kier molecular flexibility index (Phi) is 3.80. The third kappa shape index (κ3) is 2.91. The van der Waals surface area contributed by atoms with E-state index in [0.29, 0.717) is 37.3 Å². The minimum Gasteiger partial charge on any atom is -0.339 e. The lowest BCUT2D eigenvalue weighted by Gasteiger charge is -2.34. The van der Waals surface area contributed by atoms with E-state index in [1.165, 1.54) is 0 Å². The number of fused-ring (bicyclic) bond motifs is 2. The first-order valence-electron chi connectivity index (χ1n) is 8.33. The zero-order chi connectivity index (χ0) is 17.4. The van der Waals surface area contributed by atoms with Crippen molar-refractivity contribution in [2.24, 2.45) is 0 Å². The van der Waals surface area contributed by atoms with E-state index in [0.717, 1.165) is 16.6 Å². The number of carbonyl (C=O) groups excluding carboxylic acids is 2. The molecule has 2 amide bonds. The summed E-state index contributed by atoms with van der Waals surface area (Å²) in [4.78, 5) is 36.9. The van der Waals surface area contributed by atoms with Gasteiger partial charge >= 0.3 is 0 Å². The van der Waals surface area contributed by atoms with Crippen LogP contribution in [0, 0.1) is 0 Å². The summed E-state index contributed by atoms with van der Waals surface area (Å²) in [6.07, 6.45) is 0. The Morgan fingerprint density at radius 1 is 0.800 bits per heavy atom. The van der Waals surface area contributed by atoms with Crippen molar-refractivity contribution in [1.82, 2.24) is 19.8 Å². The maximum absolute atomic E-state index is 12.8. The number of benzene rings is 2. The minimum absolute atomic E-state index is 0.0277. The molecule has 126 valence electrons. The number of hydrogen-bond acceptors (Lipinski definition) is 4. The predicted octanol–water partition coefficient (Wildman–Crippen LogP) is 2.09. The third-order valence-corrected chi connectivity index (χ3v) is 4.60. The summed E-state index contributed by atoms with van der Waals surface area (Å²) in [5, 5.41) is 0. The van der Waals surface area contributed by atoms with Gasteiger partial charge in [0.05, 0.1) is 22.1 Å². The summed E-state index contributed by atoms with van der Waals surface area (Å²) in [6.45, 7) is 3.84. The van der Waals surface area contributed by atoms with E-state index in [1.807, 2.05) is 30.3 Å². The van der Waals surface area contributed by atoms with Crippen molar-refractivity contribution >= 4 is 33.9 Å². The van der Waals surface area contributed by atoms with E-state index >= 15 is 0 Å². The second-order valence-electron chi connectivity index (χ2n) is 6.21. The lowest BCUT2D eigenvalue weighted by Crippen LogP contribution is -2.50. The van der Waals surface area contributed by atoms with Gasteiger partial charge in [0, 0.05) is 38.7 Å². The third-order valence-electron chi connectivity index (χ3n) is 4.60. The van der Waals surface area contributed by atoms with Gasteiger partial charge in [-0.2, -0.15) is 0 Å².